The second kappa shape index (κ2) is 13.3. The molecule has 187 valence electrons. The standard InChI is InChI=1S/C12H10O.2C10H9NO.Al/c13-12-8-6-11(7-9-12)10-4-2-1-3-5-10;2*1-7-5-6-8-3-2-4-9(12)10(8)11-7;/h1-9,13H;2*2-6,12H,1H3;. The monoisotopic (exact) mass is 515 g/mol. The molecule has 0 aliphatic rings. The van der Waals surface area contributed by atoms with Crippen LogP contribution in [0.5, 0.6) is 17.2 Å². The van der Waals surface area contributed by atoms with E-state index in [1.54, 1.807) is 24.3 Å². The second-order valence-corrected chi connectivity index (χ2v) is 8.52. The molecule has 0 saturated heterocycles. The zero-order valence-corrected chi connectivity index (χ0v) is 22.4. The molecule has 2 aromatic heterocycles. The van der Waals surface area contributed by atoms with Gasteiger partial charge < -0.3 is 15.3 Å². The maximum absolute atomic E-state index is 9.43. The van der Waals surface area contributed by atoms with E-state index in [1.807, 2.05) is 105 Å². The van der Waals surface area contributed by atoms with Crippen LogP contribution in [-0.4, -0.2) is 42.6 Å². The lowest BCUT2D eigenvalue weighted by Crippen LogP contribution is -1.82. The highest BCUT2D eigenvalue weighted by molar-refractivity contribution is 5.84. The summed E-state index contributed by atoms with van der Waals surface area (Å²) >= 11 is 0. The molecule has 6 heteroatoms. The summed E-state index contributed by atoms with van der Waals surface area (Å²) in [6.45, 7) is 3.82. The van der Waals surface area contributed by atoms with Gasteiger partial charge in [0.05, 0.1) is 0 Å². The maximum atomic E-state index is 9.43. The predicted molar refractivity (Wildman–Crippen MR) is 156 cm³/mol. The van der Waals surface area contributed by atoms with Gasteiger partial charge in [-0.3, -0.25) is 0 Å². The van der Waals surface area contributed by atoms with Crippen LogP contribution in [0.15, 0.2) is 115 Å². The molecule has 38 heavy (non-hydrogen) atoms. The minimum Gasteiger partial charge on any atom is -0.508 e. The van der Waals surface area contributed by atoms with Gasteiger partial charge in [0.25, 0.3) is 0 Å². The minimum absolute atomic E-state index is 0. The van der Waals surface area contributed by atoms with Crippen molar-refractivity contribution in [1.82, 2.24) is 9.97 Å². The summed E-state index contributed by atoms with van der Waals surface area (Å²) in [6, 6.07) is 35.9. The average molecular weight is 516 g/mol. The minimum atomic E-state index is 0. The highest BCUT2D eigenvalue weighted by Gasteiger charge is 2.00. The van der Waals surface area contributed by atoms with Gasteiger partial charge in [0, 0.05) is 39.5 Å². The van der Waals surface area contributed by atoms with Crippen LogP contribution in [0.2, 0.25) is 0 Å². The lowest BCUT2D eigenvalue weighted by atomic mass is 10.1. The SMILES string of the molecule is Cc1ccc2cccc(O)c2n1.Cc1ccc2cccc(O)c2n1.Oc1ccc(-c2ccccc2)cc1.[Al]. The molecule has 3 N–H and O–H groups in total. The van der Waals surface area contributed by atoms with E-state index in [0.717, 1.165) is 27.7 Å². The number of hydrogen-bond donors (Lipinski definition) is 3. The summed E-state index contributed by atoms with van der Waals surface area (Å²) in [5.74, 6) is 0.798. The van der Waals surface area contributed by atoms with Crippen molar-refractivity contribution >= 4 is 39.2 Å². The summed E-state index contributed by atoms with van der Waals surface area (Å²) in [4.78, 5) is 8.45. The average Bonchev–Trinajstić information content (AvgIpc) is 2.91. The number of aryl methyl sites for hydroxylation is 2. The molecule has 0 bridgehead atoms. The largest absolute Gasteiger partial charge is 0.508 e. The number of pyridine rings is 2. The number of nitrogens with zero attached hydrogens (tertiary/aromatic N) is 2. The Morgan fingerprint density at radius 3 is 1.37 bits per heavy atom. The van der Waals surface area contributed by atoms with Crippen molar-refractivity contribution in [2.24, 2.45) is 0 Å². The smallest absolute Gasteiger partial charge is 0.141 e. The number of hydrogen-bond acceptors (Lipinski definition) is 5. The van der Waals surface area contributed by atoms with Gasteiger partial charge in [0.1, 0.15) is 28.3 Å². The molecular formula is C32H28AlN2O3. The fourth-order valence-electron chi connectivity index (χ4n) is 3.74. The molecule has 0 aliphatic heterocycles. The summed E-state index contributed by atoms with van der Waals surface area (Å²) in [7, 11) is 0. The molecule has 0 unspecified atom stereocenters. The van der Waals surface area contributed by atoms with Crippen LogP contribution < -0.4 is 0 Å². The maximum Gasteiger partial charge on any atom is 0.141 e. The third-order valence-electron chi connectivity index (χ3n) is 5.65. The fraction of sp³-hybridized carbons (Fsp3) is 0.0625. The Bertz CT molecular complexity index is 1540. The van der Waals surface area contributed by atoms with E-state index in [9.17, 15) is 10.2 Å². The first-order valence-electron chi connectivity index (χ1n) is 11.9. The van der Waals surface area contributed by atoms with Crippen molar-refractivity contribution in [2.75, 3.05) is 0 Å². The van der Waals surface area contributed by atoms with Crippen LogP contribution in [0.4, 0.5) is 0 Å². The van der Waals surface area contributed by atoms with E-state index >= 15 is 0 Å². The first-order valence-corrected chi connectivity index (χ1v) is 11.9. The number of para-hydroxylation sites is 2. The Kier molecular flexibility index (Phi) is 9.84. The number of rotatable bonds is 1. The molecule has 0 amide bonds. The van der Waals surface area contributed by atoms with Crippen molar-refractivity contribution < 1.29 is 15.3 Å². The van der Waals surface area contributed by atoms with E-state index in [1.165, 1.54) is 5.56 Å². The van der Waals surface area contributed by atoms with Crippen molar-refractivity contribution in [3.8, 4) is 28.4 Å². The van der Waals surface area contributed by atoms with E-state index in [2.05, 4.69) is 9.97 Å². The zero-order valence-electron chi connectivity index (χ0n) is 21.3. The summed E-state index contributed by atoms with van der Waals surface area (Å²) < 4.78 is 0. The molecule has 0 spiro atoms. The Morgan fingerprint density at radius 1 is 0.447 bits per heavy atom. The summed E-state index contributed by atoms with van der Waals surface area (Å²) in [5.41, 5.74) is 5.49. The van der Waals surface area contributed by atoms with Crippen molar-refractivity contribution in [3.63, 3.8) is 0 Å². The molecule has 0 atom stereocenters. The third-order valence-corrected chi connectivity index (χ3v) is 5.65. The van der Waals surface area contributed by atoms with E-state index in [4.69, 9.17) is 5.11 Å². The van der Waals surface area contributed by atoms with E-state index in [0.29, 0.717) is 16.8 Å². The first-order chi connectivity index (χ1) is 17.9. The van der Waals surface area contributed by atoms with E-state index < -0.39 is 0 Å². The van der Waals surface area contributed by atoms with Gasteiger partial charge in [0.2, 0.25) is 0 Å². The fourth-order valence-corrected chi connectivity index (χ4v) is 3.74. The molecule has 6 aromatic rings. The van der Waals surface area contributed by atoms with Gasteiger partial charge in [-0.05, 0) is 61.4 Å². The van der Waals surface area contributed by atoms with Gasteiger partial charge in [-0.1, -0.05) is 78.9 Å². The molecule has 6 rings (SSSR count). The Hall–Kier alpha value is -4.37. The van der Waals surface area contributed by atoms with Gasteiger partial charge in [-0.25, -0.2) is 9.97 Å². The third kappa shape index (κ3) is 7.33. The van der Waals surface area contributed by atoms with Crippen LogP contribution in [0.1, 0.15) is 11.4 Å². The topological polar surface area (TPSA) is 86.5 Å². The molecule has 0 fully saturated rings. The van der Waals surface area contributed by atoms with Gasteiger partial charge in [-0.15, -0.1) is 0 Å². The normalized spacial score (nSPS) is 9.95. The quantitative estimate of drug-likeness (QED) is 0.202. The summed E-state index contributed by atoms with van der Waals surface area (Å²) in [5, 5.41) is 29.9. The number of aromatic hydroxyl groups is 3. The van der Waals surface area contributed by atoms with Crippen molar-refractivity contribution in [2.45, 2.75) is 13.8 Å². The van der Waals surface area contributed by atoms with Crippen LogP contribution in [0.3, 0.4) is 0 Å². The molecule has 2 heterocycles. The molecule has 3 radical (unpaired) electrons. The lowest BCUT2D eigenvalue weighted by molar-refractivity contribution is 0.475. The lowest BCUT2D eigenvalue weighted by Gasteiger charge is -2.00. The number of phenols is 3. The van der Waals surface area contributed by atoms with Crippen LogP contribution in [-0.2, 0) is 0 Å². The first kappa shape index (κ1) is 28.2. The second-order valence-electron chi connectivity index (χ2n) is 8.52. The Labute approximate surface area is 232 Å². The van der Waals surface area contributed by atoms with Crippen molar-refractivity contribution in [3.05, 3.63) is 127 Å². The van der Waals surface area contributed by atoms with E-state index in [-0.39, 0.29) is 28.9 Å². The number of aromatic nitrogens is 2. The number of phenolic OH excluding ortho intramolecular Hbond substituents is 3. The molecule has 5 nitrogen and oxygen atoms in total. The van der Waals surface area contributed by atoms with Gasteiger partial charge >= 0.3 is 0 Å². The Morgan fingerprint density at radius 2 is 0.895 bits per heavy atom. The molecule has 0 saturated carbocycles. The predicted octanol–water partition coefficient (Wildman–Crippen LogP) is 7.18. The van der Waals surface area contributed by atoms with Crippen LogP contribution >= 0.6 is 0 Å². The molecule has 0 aliphatic carbocycles. The van der Waals surface area contributed by atoms with Crippen LogP contribution in [0.25, 0.3) is 32.9 Å². The summed E-state index contributed by atoms with van der Waals surface area (Å²) in [6.07, 6.45) is 0. The number of fused-ring (bicyclic) bond motifs is 2. The Balaban J connectivity index is 0.000000156. The molecular weight excluding hydrogens is 487 g/mol. The van der Waals surface area contributed by atoms with Gasteiger partial charge in [-0.2, -0.15) is 0 Å². The molecule has 4 aromatic carbocycles. The highest BCUT2D eigenvalue weighted by atomic mass is 27.0. The highest BCUT2D eigenvalue weighted by Crippen LogP contribution is 2.23. The number of benzene rings is 4. The van der Waals surface area contributed by atoms with Gasteiger partial charge in [0.15, 0.2) is 0 Å². The zero-order chi connectivity index (χ0) is 26.2. The van der Waals surface area contributed by atoms with Crippen LogP contribution in [0, 0.1) is 13.8 Å². The van der Waals surface area contributed by atoms with Crippen molar-refractivity contribution in [1.29, 1.82) is 0 Å².